The van der Waals surface area contributed by atoms with Crippen LogP contribution in [-0.2, 0) is 38.2 Å². The fourth-order valence-electron chi connectivity index (χ4n) is 9.39. The van der Waals surface area contributed by atoms with Gasteiger partial charge in [-0.1, -0.05) is 129 Å². The van der Waals surface area contributed by atoms with E-state index < -0.39 is 115 Å². The molecule has 2 fully saturated rings. The van der Waals surface area contributed by atoms with Gasteiger partial charge in [-0.15, -0.1) is 0 Å². The van der Waals surface area contributed by atoms with Gasteiger partial charge in [0, 0.05) is 84.2 Å². The Morgan fingerprint density at radius 3 is 1.24 bits per heavy atom. The van der Waals surface area contributed by atoms with Crippen LogP contribution in [0.25, 0.3) is 0 Å². The number of carbonyl (C=O) groups is 6. The average molecular weight is 1060 g/mol. The van der Waals surface area contributed by atoms with Gasteiger partial charge in [0.2, 0.25) is 11.8 Å². The maximum Gasteiger partial charge on any atom is 0.328 e. The van der Waals surface area contributed by atoms with Gasteiger partial charge in [0.15, 0.2) is 0 Å². The van der Waals surface area contributed by atoms with Gasteiger partial charge in [-0.25, -0.2) is 4.79 Å². The van der Waals surface area contributed by atoms with Crippen LogP contribution in [0, 0.1) is 0 Å². The molecule has 4 amide bonds. The summed E-state index contributed by atoms with van der Waals surface area (Å²) in [5.74, 6) is -4.05. The van der Waals surface area contributed by atoms with Crippen LogP contribution < -0.4 is 21.3 Å². The number of aliphatic hydroxyl groups is 8. The Balaban J connectivity index is 1.92. The number of hydrogen-bond donors (Lipinski definition) is 12. The standard InChI is InChI=1S/C53H97N5O16/c1-3-5-7-9-11-13-15-17-19-21-33-73-46(65)26-23-39(49(68)74-34-22-20-18-16-14-12-10-8-6-4-2)57-45(64)25-24-44(63)54-27-30-58(31-28-55-50(69)52(71)35-40(59)47(66)41(60)36-52)32-29-56-51(70)53(72)37-42(61)48(67)43(62)38-53/h39-43,47-48,59-62,66-67,71-72H,3-38H2,1-2H3,(H,54,63)(H,55,69)(H,56,70)(H,57,64)/t39-,40+,41+,42+,43+,47?,48?,52?,53?/m0/s1. The minimum atomic E-state index is -2.17. The number of nitrogens with zero attached hydrogens (tertiary/aromatic N) is 1. The summed E-state index contributed by atoms with van der Waals surface area (Å²) in [6.45, 7) is 5.01. The highest BCUT2D eigenvalue weighted by molar-refractivity contribution is 5.88. The number of rotatable bonds is 41. The van der Waals surface area contributed by atoms with E-state index in [-0.39, 0.29) is 78.2 Å². The number of carbonyl (C=O) groups excluding carboxylic acids is 6. The molecule has 0 unspecified atom stereocenters. The lowest BCUT2D eigenvalue weighted by atomic mass is 9.79. The third-order valence-corrected chi connectivity index (χ3v) is 14.1. The summed E-state index contributed by atoms with van der Waals surface area (Å²) in [6, 6.07) is -1.13. The quantitative estimate of drug-likeness (QED) is 0.0307. The Labute approximate surface area is 439 Å². The molecule has 0 aromatic carbocycles. The van der Waals surface area contributed by atoms with Crippen LogP contribution in [-0.4, -0.2) is 188 Å². The van der Waals surface area contributed by atoms with Crippen LogP contribution in [0.3, 0.4) is 0 Å². The Morgan fingerprint density at radius 1 is 0.486 bits per heavy atom. The highest BCUT2D eigenvalue weighted by Crippen LogP contribution is 2.30. The summed E-state index contributed by atoms with van der Waals surface area (Å²) in [4.78, 5) is 79.7. The van der Waals surface area contributed by atoms with Gasteiger partial charge in [0.1, 0.15) is 29.5 Å². The first-order chi connectivity index (χ1) is 35.3. The Morgan fingerprint density at radius 2 is 0.838 bits per heavy atom. The normalized spacial score (nSPS) is 24.2. The smallest absolute Gasteiger partial charge is 0.328 e. The van der Waals surface area contributed by atoms with Crippen molar-refractivity contribution in [3.05, 3.63) is 0 Å². The minimum absolute atomic E-state index is 0.0257. The van der Waals surface area contributed by atoms with E-state index in [1.807, 2.05) is 0 Å². The molecule has 0 saturated heterocycles. The third kappa shape index (κ3) is 27.5. The van der Waals surface area contributed by atoms with E-state index in [1.165, 1.54) is 77.0 Å². The molecule has 5 atom stereocenters. The Bertz CT molecular complexity index is 1530. The number of ether oxygens (including phenoxy) is 2. The highest BCUT2D eigenvalue weighted by atomic mass is 16.5. The van der Waals surface area contributed by atoms with E-state index in [0.29, 0.717) is 6.42 Å². The molecule has 2 rings (SSSR count). The van der Waals surface area contributed by atoms with Crippen molar-refractivity contribution < 1.29 is 79.1 Å². The predicted molar refractivity (Wildman–Crippen MR) is 276 cm³/mol. The molecule has 0 radical (unpaired) electrons. The zero-order valence-corrected chi connectivity index (χ0v) is 44.8. The van der Waals surface area contributed by atoms with Crippen LogP contribution >= 0.6 is 0 Å². The van der Waals surface area contributed by atoms with Crippen molar-refractivity contribution in [3.8, 4) is 0 Å². The van der Waals surface area contributed by atoms with Crippen LogP contribution in [0.4, 0.5) is 0 Å². The summed E-state index contributed by atoms with van der Waals surface area (Å²) in [7, 11) is 0. The number of hydrogen-bond acceptors (Lipinski definition) is 17. The lowest BCUT2D eigenvalue weighted by Crippen LogP contribution is -2.59. The molecule has 0 aromatic heterocycles. The van der Waals surface area contributed by atoms with Crippen molar-refractivity contribution in [2.45, 2.75) is 247 Å². The van der Waals surface area contributed by atoms with Gasteiger partial charge in [-0.05, 0) is 19.3 Å². The molecule has 0 bridgehead atoms. The Kier molecular flexibility index (Phi) is 34.3. The van der Waals surface area contributed by atoms with Gasteiger partial charge in [-0.2, -0.15) is 0 Å². The molecule has 0 aliphatic heterocycles. The summed E-state index contributed by atoms with van der Waals surface area (Å²) >= 11 is 0. The van der Waals surface area contributed by atoms with E-state index in [9.17, 15) is 69.6 Å². The van der Waals surface area contributed by atoms with Crippen molar-refractivity contribution in [1.29, 1.82) is 0 Å². The second-order valence-electron chi connectivity index (χ2n) is 20.7. The molecular formula is C53H97N5O16. The lowest BCUT2D eigenvalue weighted by molar-refractivity contribution is -0.173. The van der Waals surface area contributed by atoms with Crippen LogP contribution in [0.1, 0.15) is 194 Å². The van der Waals surface area contributed by atoms with Crippen molar-refractivity contribution >= 4 is 35.6 Å². The molecule has 12 N–H and O–H groups in total. The van der Waals surface area contributed by atoms with Crippen LogP contribution in [0.5, 0.6) is 0 Å². The lowest BCUT2D eigenvalue weighted by Gasteiger charge is -2.39. The first-order valence-electron chi connectivity index (χ1n) is 28.1. The summed E-state index contributed by atoms with van der Waals surface area (Å²) in [5, 5.41) is 92.2. The monoisotopic (exact) mass is 1060 g/mol. The van der Waals surface area contributed by atoms with Crippen LogP contribution in [0.2, 0.25) is 0 Å². The van der Waals surface area contributed by atoms with E-state index in [0.717, 1.165) is 44.9 Å². The topological polar surface area (TPSA) is 334 Å². The minimum Gasteiger partial charge on any atom is -0.466 e. The second-order valence-corrected chi connectivity index (χ2v) is 20.7. The summed E-state index contributed by atoms with van der Waals surface area (Å²) < 4.78 is 11.0. The number of amides is 4. The number of unbranched alkanes of at least 4 members (excludes halogenated alkanes) is 18. The molecule has 0 aromatic rings. The fraction of sp³-hybridized carbons (Fsp3) is 0.887. The molecule has 2 aliphatic rings. The number of esters is 2. The number of nitrogens with one attached hydrogen (secondary N) is 4. The molecule has 21 nitrogen and oxygen atoms in total. The zero-order valence-electron chi connectivity index (χ0n) is 44.8. The zero-order chi connectivity index (χ0) is 54.8. The van der Waals surface area contributed by atoms with E-state index in [4.69, 9.17) is 9.47 Å². The fourth-order valence-corrected chi connectivity index (χ4v) is 9.39. The predicted octanol–water partition coefficient (Wildman–Crippen LogP) is 1.83. The van der Waals surface area contributed by atoms with Crippen LogP contribution in [0.15, 0.2) is 0 Å². The average Bonchev–Trinajstić information content (AvgIpc) is 3.35. The van der Waals surface area contributed by atoms with Gasteiger partial charge in [0.25, 0.3) is 11.8 Å². The van der Waals surface area contributed by atoms with Gasteiger partial charge < -0.3 is 71.6 Å². The molecule has 21 heteroatoms. The molecule has 2 aliphatic carbocycles. The van der Waals surface area contributed by atoms with E-state index in [2.05, 4.69) is 35.1 Å². The first-order valence-corrected chi connectivity index (χ1v) is 28.1. The maximum atomic E-state index is 13.2. The largest absolute Gasteiger partial charge is 0.466 e. The SMILES string of the molecule is CCCCCCCCCCCCOC(=O)CC[C@H](NC(=O)CCC(=O)NCCN(CCNC(=O)C1(O)C[C@@H](O)C(O)[C@H](O)C1)CCNC(=O)C1(O)C[C@@H](O)C(O)[C@H](O)C1)C(=O)OCCCCCCCCCCCC. The molecule has 2 saturated carbocycles. The van der Waals surface area contributed by atoms with Crippen molar-refractivity contribution in [2.24, 2.45) is 0 Å². The first kappa shape index (κ1) is 66.6. The summed E-state index contributed by atoms with van der Waals surface area (Å²) in [5.41, 5.74) is -4.33. The molecule has 0 heterocycles. The van der Waals surface area contributed by atoms with Crippen molar-refractivity contribution in [1.82, 2.24) is 26.2 Å². The number of aliphatic hydroxyl groups excluding tert-OH is 6. The third-order valence-electron chi connectivity index (χ3n) is 14.1. The second kappa shape index (κ2) is 38.1. The maximum absolute atomic E-state index is 13.2. The van der Waals surface area contributed by atoms with Gasteiger partial charge in [-0.3, -0.25) is 28.9 Å². The van der Waals surface area contributed by atoms with E-state index >= 15 is 0 Å². The molecule has 430 valence electrons. The molecular weight excluding hydrogens is 963 g/mol. The molecule has 0 spiro atoms. The van der Waals surface area contributed by atoms with Crippen molar-refractivity contribution in [2.75, 3.05) is 52.5 Å². The highest BCUT2D eigenvalue weighted by Gasteiger charge is 2.49. The summed E-state index contributed by atoms with van der Waals surface area (Å²) in [6.07, 6.45) is 10.5. The molecule has 74 heavy (non-hydrogen) atoms. The van der Waals surface area contributed by atoms with Gasteiger partial charge >= 0.3 is 11.9 Å². The Hall–Kier alpha value is -3.54. The van der Waals surface area contributed by atoms with Gasteiger partial charge in [0.05, 0.1) is 37.6 Å². The van der Waals surface area contributed by atoms with E-state index in [1.54, 1.807) is 4.90 Å². The van der Waals surface area contributed by atoms with Crippen molar-refractivity contribution in [3.63, 3.8) is 0 Å².